The summed E-state index contributed by atoms with van der Waals surface area (Å²) < 4.78 is 5.12. The van der Waals surface area contributed by atoms with Crippen LogP contribution in [-0.2, 0) is 9.53 Å². The molecule has 1 unspecified atom stereocenters. The Morgan fingerprint density at radius 1 is 1.33 bits per heavy atom. The number of nitrogens with zero attached hydrogens (tertiary/aromatic N) is 1. The van der Waals surface area contributed by atoms with Gasteiger partial charge in [0.2, 0.25) is 5.91 Å². The van der Waals surface area contributed by atoms with Crippen LogP contribution in [-0.4, -0.2) is 53.7 Å². The number of carboxylic acids is 1. The second kappa shape index (κ2) is 6.23. The Hall–Kier alpha value is -2.61. The number of nitrogens with two attached hydrogens (primary N) is 1. The van der Waals surface area contributed by atoms with E-state index in [2.05, 4.69) is 5.32 Å². The van der Waals surface area contributed by atoms with Crippen molar-refractivity contribution in [1.29, 1.82) is 0 Å². The largest absolute Gasteiger partial charge is 0.478 e. The van der Waals surface area contributed by atoms with Crippen molar-refractivity contribution in [3.8, 4) is 0 Å². The van der Waals surface area contributed by atoms with Gasteiger partial charge in [-0.25, -0.2) is 9.59 Å². The van der Waals surface area contributed by atoms with Crippen LogP contribution in [0.15, 0.2) is 24.3 Å². The number of benzene rings is 1. The number of hydrogen-bond acceptors (Lipinski definition) is 4. The first kappa shape index (κ1) is 14.8. The van der Waals surface area contributed by atoms with Crippen LogP contribution >= 0.6 is 0 Å². The molecule has 1 fully saturated rings. The summed E-state index contributed by atoms with van der Waals surface area (Å²) in [7, 11) is 0. The van der Waals surface area contributed by atoms with Crippen LogP contribution in [0.25, 0.3) is 0 Å². The monoisotopic (exact) mass is 293 g/mol. The van der Waals surface area contributed by atoms with E-state index in [1.807, 2.05) is 0 Å². The molecule has 1 aromatic carbocycles. The van der Waals surface area contributed by atoms with E-state index in [0.717, 1.165) is 0 Å². The number of carboxylic acid groups (broad SMARTS) is 1. The molecular formula is C13H15N3O5. The highest BCUT2D eigenvalue weighted by atomic mass is 16.5. The number of ether oxygens (including phenoxy) is 1. The third-order valence-electron chi connectivity index (χ3n) is 3.12. The van der Waals surface area contributed by atoms with Crippen LogP contribution in [0.2, 0.25) is 0 Å². The third-order valence-corrected chi connectivity index (χ3v) is 3.12. The maximum Gasteiger partial charge on any atom is 0.337 e. The molecule has 0 bridgehead atoms. The maximum atomic E-state index is 12.2. The van der Waals surface area contributed by atoms with E-state index in [0.29, 0.717) is 0 Å². The number of carbonyl (C=O) groups excluding carboxylic acids is 2. The molecule has 1 aromatic rings. The van der Waals surface area contributed by atoms with Gasteiger partial charge in [0.15, 0.2) is 0 Å². The predicted molar refractivity (Wildman–Crippen MR) is 72.9 cm³/mol. The summed E-state index contributed by atoms with van der Waals surface area (Å²) in [6.45, 7) is 0.524. The van der Waals surface area contributed by atoms with Crippen LogP contribution in [0.4, 0.5) is 10.5 Å². The number of carbonyl (C=O) groups is 3. The lowest BCUT2D eigenvalue weighted by Gasteiger charge is -2.33. The van der Waals surface area contributed by atoms with Gasteiger partial charge in [-0.2, -0.15) is 0 Å². The summed E-state index contributed by atoms with van der Waals surface area (Å²) >= 11 is 0. The number of para-hydroxylation sites is 1. The molecule has 0 spiro atoms. The molecule has 0 saturated carbocycles. The van der Waals surface area contributed by atoms with Gasteiger partial charge in [0, 0.05) is 6.54 Å². The minimum Gasteiger partial charge on any atom is -0.478 e. The summed E-state index contributed by atoms with van der Waals surface area (Å²) in [5, 5.41) is 11.6. The number of primary amides is 1. The lowest BCUT2D eigenvalue weighted by atomic mass is 10.2. The fourth-order valence-electron chi connectivity index (χ4n) is 2.05. The first-order chi connectivity index (χ1) is 10.0. The van der Waals surface area contributed by atoms with E-state index in [-0.39, 0.29) is 31.0 Å². The van der Waals surface area contributed by atoms with Crippen molar-refractivity contribution in [2.45, 2.75) is 6.04 Å². The highest BCUT2D eigenvalue weighted by molar-refractivity contribution is 6.01. The molecule has 2 rings (SSSR count). The molecule has 21 heavy (non-hydrogen) atoms. The van der Waals surface area contributed by atoms with Gasteiger partial charge in [-0.15, -0.1) is 0 Å². The van der Waals surface area contributed by atoms with Crippen LogP contribution in [0.5, 0.6) is 0 Å². The van der Waals surface area contributed by atoms with Gasteiger partial charge in [-0.1, -0.05) is 12.1 Å². The molecule has 1 heterocycles. The fourth-order valence-corrected chi connectivity index (χ4v) is 2.05. The van der Waals surface area contributed by atoms with E-state index in [9.17, 15) is 14.4 Å². The summed E-state index contributed by atoms with van der Waals surface area (Å²) in [5.41, 5.74) is 5.36. The van der Waals surface area contributed by atoms with Crippen molar-refractivity contribution in [3.63, 3.8) is 0 Å². The van der Waals surface area contributed by atoms with E-state index in [4.69, 9.17) is 15.6 Å². The Labute approximate surface area is 120 Å². The zero-order chi connectivity index (χ0) is 15.4. The summed E-state index contributed by atoms with van der Waals surface area (Å²) in [6, 6.07) is 4.56. The SMILES string of the molecule is NC(=O)C1COCCN1C(=O)Nc1ccccc1C(=O)O. The van der Waals surface area contributed by atoms with E-state index in [1.54, 1.807) is 12.1 Å². The molecule has 1 atom stereocenters. The normalized spacial score (nSPS) is 18.1. The summed E-state index contributed by atoms with van der Waals surface area (Å²) in [6.07, 6.45) is 0. The summed E-state index contributed by atoms with van der Waals surface area (Å²) in [5.74, 6) is -1.82. The molecule has 3 amide bonds. The van der Waals surface area contributed by atoms with E-state index in [1.165, 1.54) is 17.0 Å². The topological polar surface area (TPSA) is 122 Å². The van der Waals surface area contributed by atoms with Crippen LogP contribution in [0, 0.1) is 0 Å². The number of nitrogens with one attached hydrogen (secondary N) is 1. The van der Waals surface area contributed by atoms with Gasteiger partial charge < -0.3 is 25.8 Å². The average molecular weight is 293 g/mol. The first-order valence-electron chi connectivity index (χ1n) is 6.27. The number of anilines is 1. The third kappa shape index (κ3) is 3.29. The van der Waals surface area contributed by atoms with Crippen molar-refractivity contribution >= 4 is 23.6 Å². The molecule has 4 N–H and O–H groups in total. The Morgan fingerprint density at radius 2 is 2.05 bits per heavy atom. The molecule has 1 aliphatic rings. The van der Waals surface area contributed by atoms with Crippen molar-refractivity contribution < 1.29 is 24.2 Å². The standard InChI is InChI=1S/C13H15N3O5/c14-11(17)10-7-21-6-5-16(10)13(20)15-9-4-2-1-3-8(9)12(18)19/h1-4,10H,5-7H2,(H2,14,17)(H,15,20)(H,18,19). The first-order valence-corrected chi connectivity index (χ1v) is 6.27. The van der Waals surface area contributed by atoms with Gasteiger partial charge in [-0.05, 0) is 12.1 Å². The molecule has 0 radical (unpaired) electrons. The maximum absolute atomic E-state index is 12.2. The molecule has 0 aliphatic carbocycles. The van der Waals surface area contributed by atoms with E-state index < -0.39 is 23.9 Å². The zero-order valence-corrected chi connectivity index (χ0v) is 11.1. The lowest BCUT2D eigenvalue weighted by molar-refractivity contribution is -0.126. The number of hydrogen-bond donors (Lipinski definition) is 3. The Kier molecular flexibility index (Phi) is 4.39. The number of rotatable bonds is 3. The van der Waals surface area contributed by atoms with Gasteiger partial charge >= 0.3 is 12.0 Å². The van der Waals surface area contributed by atoms with Crippen molar-refractivity contribution in [2.75, 3.05) is 25.1 Å². The second-order valence-corrected chi connectivity index (χ2v) is 4.47. The average Bonchev–Trinajstić information content (AvgIpc) is 2.47. The number of urea groups is 1. The van der Waals surface area contributed by atoms with Gasteiger partial charge in [0.1, 0.15) is 6.04 Å². The smallest absolute Gasteiger partial charge is 0.337 e. The number of morpholine rings is 1. The van der Waals surface area contributed by atoms with Crippen molar-refractivity contribution in [2.24, 2.45) is 5.73 Å². The number of amides is 3. The van der Waals surface area contributed by atoms with Gasteiger partial charge in [-0.3, -0.25) is 4.79 Å². The molecule has 1 aliphatic heterocycles. The Bertz CT molecular complexity index is 575. The molecule has 8 nitrogen and oxygen atoms in total. The highest BCUT2D eigenvalue weighted by Gasteiger charge is 2.31. The van der Waals surface area contributed by atoms with Crippen LogP contribution in [0.1, 0.15) is 10.4 Å². The van der Waals surface area contributed by atoms with Crippen molar-refractivity contribution in [3.05, 3.63) is 29.8 Å². The minimum absolute atomic E-state index is 0.0311. The molecule has 8 heteroatoms. The minimum atomic E-state index is -1.15. The quantitative estimate of drug-likeness (QED) is 0.729. The Morgan fingerprint density at radius 3 is 2.71 bits per heavy atom. The lowest BCUT2D eigenvalue weighted by Crippen LogP contribution is -2.56. The van der Waals surface area contributed by atoms with Gasteiger partial charge in [0.05, 0.1) is 24.5 Å². The van der Waals surface area contributed by atoms with E-state index >= 15 is 0 Å². The summed E-state index contributed by atoms with van der Waals surface area (Å²) in [4.78, 5) is 35.9. The molecular weight excluding hydrogens is 278 g/mol. The molecule has 1 saturated heterocycles. The zero-order valence-electron chi connectivity index (χ0n) is 11.1. The Balaban J connectivity index is 2.17. The van der Waals surface area contributed by atoms with Crippen LogP contribution in [0.3, 0.4) is 0 Å². The number of aromatic carboxylic acids is 1. The van der Waals surface area contributed by atoms with Gasteiger partial charge in [0.25, 0.3) is 0 Å². The second-order valence-electron chi connectivity index (χ2n) is 4.47. The fraction of sp³-hybridized carbons (Fsp3) is 0.308. The molecule has 0 aromatic heterocycles. The highest BCUT2D eigenvalue weighted by Crippen LogP contribution is 2.17. The molecule has 112 valence electrons. The van der Waals surface area contributed by atoms with Crippen molar-refractivity contribution in [1.82, 2.24) is 4.90 Å². The predicted octanol–water partition coefficient (Wildman–Crippen LogP) is 0.103. The van der Waals surface area contributed by atoms with Crippen LogP contribution < -0.4 is 11.1 Å².